The zero-order valence-electron chi connectivity index (χ0n) is 13.0. The maximum Gasteiger partial charge on any atom is 0.265 e. The van der Waals surface area contributed by atoms with E-state index in [1.165, 1.54) is 18.2 Å². The molecule has 5 nitrogen and oxygen atoms in total. The predicted molar refractivity (Wildman–Crippen MR) is 91.4 cm³/mol. The van der Waals surface area contributed by atoms with Gasteiger partial charge >= 0.3 is 0 Å². The molecular formula is C16H17BrFN3O2. The molecule has 1 heterocycles. The van der Waals surface area contributed by atoms with Crippen molar-refractivity contribution in [1.29, 1.82) is 0 Å². The van der Waals surface area contributed by atoms with Crippen molar-refractivity contribution >= 4 is 33.3 Å². The van der Waals surface area contributed by atoms with E-state index in [-0.39, 0.29) is 11.7 Å². The Morgan fingerprint density at radius 3 is 2.65 bits per heavy atom. The van der Waals surface area contributed by atoms with Crippen molar-refractivity contribution in [2.75, 3.05) is 24.3 Å². The Kier molecular flexibility index (Phi) is 5.54. The molecule has 1 aromatic carbocycles. The third-order valence-electron chi connectivity index (χ3n) is 3.04. The van der Waals surface area contributed by atoms with Crippen LogP contribution in [0.25, 0.3) is 0 Å². The van der Waals surface area contributed by atoms with E-state index in [9.17, 15) is 9.18 Å². The summed E-state index contributed by atoms with van der Waals surface area (Å²) < 4.78 is 19.0. The van der Waals surface area contributed by atoms with Crippen LogP contribution >= 0.6 is 15.9 Å². The van der Waals surface area contributed by atoms with E-state index in [2.05, 4.69) is 26.2 Å². The van der Waals surface area contributed by atoms with E-state index in [1.54, 1.807) is 25.3 Å². The molecule has 0 bridgehead atoms. The predicted octanol–water partition coefficient (Wildman–Crippen LogP) is 3.46. The van der Waals surface area contributed by atoms with Gasteiger partial charge < -0.3 is 15.0 Å². The van der Waals surface area contributed by atoms with Gasteiger partial charge in [0.2, 0.25) is 0 Å². The van der Waals surface area contributed by atoms with Gasteiger partial charge in [-0.05, 0) is 53.2 Å². The van der Waals surface area contributed by atoms with Crippen LogP contribution in [0.2, 0.25) is 0 Å². The third-order valence-corrected chi connectivity index (χ3v) is 3.66. The SMILES string of the molecule is C[C@@H](Oc1ccc(F)cc1Br)C(=O)Nc1ccc(N(C)C)nc1. The van der Waals surface area contributed by atoms with E-state index in [4.69, 9.17) is 4.74 Å². The number of rotatable bonds is 5. The third kappa shape index (κ3) is 4.66. The van der Waals surface area contributed by atoms with Crippen LogP contribution in [-0.2, 0) is 4.79 Å². The standard InChI is InChI=1S/C16H17BrFN3O2/c1-10(23-14-6-4-11(18)8-13(14)17)16(22)20-12-5-7-15(19-9-12)21(2)3/h4-10H,1-3H3,(H,20,22)/t10-/m1/s1. The smallest absolute Gasteiger partial charge is 0.265 e. The van der Waals surface area contributed by atoms with E-state index >= 15 is 0 Å². The number of carbonyl (C=O) groups excluding carboxylic acids is 1. The van der Waals surface area contributed by atoms with Crippen molar-refractivity contribution in [2.24, 2.45) is 0 Å². The highest BCUT2D eigenvalue weighted by atomic mass is 79.9. The van der Waals surface area contributed by atoms with Gasteiger partial charge in [-0.3, -0.25) is 4.79 Å². The van der Waals surface area contributed by atoms with Crippen LogP contribution in [0.5, 0.6) is 5.75 Å². The van der Waals surface area contributed by atoms with Gasteiger partial charge in [-0.1, -0.05) is 0 Å². The number of benzene rings is 1. The molecule has 0 spiro atoms. The van der Waals surface area contributed by atoms with Gasteiger partial charge in [-0.15, -0.1) is 0 Å². The molecule has 0 saturated carbocycles. The highest BCUT2D eigenvalue weighted by molar-refractivity contribution is 9.10. The number of ether oxygens (including phenoxy) is 1. The summed E-state index contributed by atoms with van der Waals surface area (Å²) >= 11 is 3.20. The summed E-state index contributed by atoms with van der Waals surface area (Å²) in [5.41, 5.74) is 0.578. The van der Waals surface area contributed by atoms with Gasteiger partial charge in [0.1, 0.15) is 17.4 Å². The van der Waals surface area contributed by atoms with Gasteiger partial charge in [0.05, 0.1) is 16.4 Å². The average Bonchev–Trinajstić information content (AvgIpc) is 2.50. The summed E-state index contributed by atoms with van der Waals surface area (Å²) in [7, 11) is 3.77. The Morgan fingerprint density at radius 2 is 2.09 bits per heavy atom. The number of hydrogen-bond donors (Lipinski definition) is 1. The lowest BCUT2D eigenvalue weighted by Crippen LogP contribution is -2.30. The second-order valence-electron chi connectivity index (χ2n) is 5.12. The molecule has 0 unspecified atom stereocenters. The quantitative estimate of drug-likeness (QED) is 0.861. The fourth-order valence-electron chi connectivity index (χ4n) is 1.78. The molecule has 7 heteroatoms. The average molecular weight is 382 g/mol. The highest BCUT2D eigenvalue weighted by Gasteiger charge is 2.16. The summed E-state index contributed by atoms with van der Waals surface area (Å²) in [6, 6.07) is 7.59. The Balaban J connectivity index is 1.99. The number of nitrogens with one attached hydrogen (secondary N) is 1. The molecule has 1 atom stereocenters. The zero-order chi connectivity index (χ0) is 17.0. The lowest BCUT2D eigenvalue weighted by molar-refractivity contribution is -0.122. The van der Waals surface area contributed by atoms with Crippen LogP contribution in [0.3, 0.4) is 0 Å². The van der Waals surface area contributed by atoms with Gasteiger partial charge in [-0.2, -0.15) is 0 Å². The highest BCUT2D eigenvalue weighted by Crippen LogP contribution is 2.26. The molecule has 0 aliphatic carbocycles. The topological polar surface area (TPSA) is 54.5 Å². The van der Waals surface area contributed by atoms with Crippen molar-refractivity contribution < 1.29 is 13.9 Å². The van der Waals surface area contributed by atoms with Crippen molar-refractivity contribution in [3.05, 3.63) is 46.8 Å². The first-order valence-electron chi connectivity index (χ1n) is 6.93. The van der Waals surface area contributed by atoms with Gasteiger partial charge in [0.25, 0.3) is 5.91 Å². The van der Waals surface area contributed by atoms with E-state index in [0.29, 0.717) is 15.9 Å². The first kappa shape index (κ1) is 17.2. The van der Waals surface area contributed by atoms with Crippen LogP contribution < -0.4 is 15.0 Å². The van der Waals surface area contributed by atoms with E-state index < -0.39 is 6.10 Å². The molecule has 122 valence electrons. The summed E-state index contributed by atoms with van der Waals surface area (Å²) in [6.45, 7) is 1.62. The van der Waals surface area contributed by atoms with Crippen molar-refractivity contribution in [2.45, 2.75) is 13.0 Å². The van der Waals surface area contributed by atoms with E-state index in [0.717, 1.165) is 5.82 Å². The minimum absolute atomic E-state index is 0.319. The Morgan fingerprint density at radius 1 is 1.35 bits per heavy atom. The number of carbonyl (C=O) groups is 1. The molecule has 2 aromatic rings. The van der Waals surface area contributed by atoms with Gasteiger partial charge in [-0.25, -0.2) is 9.37 Å². The number of amides is 1. The molecule has 1 amide bonds. The molecule has 1 aromatic heterocycles. The largest absolute Gasteiger partial charge is 0.480 e. The number of halogens is 2. The van der Waals surface area contributed by atoms with Crippen LogP contribution in [-0.4, -0.2) is 31.1 Å². The molecule has 0 fully saturated rings. The second-order valence-corrected chi connectivity index (χ2v) is 5.98. The maximum absolute atomic E-state index is 13.0. The summed E-state index contributed by atoms with van der Waals surface area (Å²) in [5, 5.41) is 2.72. The number of aromatic nitrogens is 1. The van der Waals surface area contributed by atoms with Crippen molar-refractivity contribution in [3.8, 4) is 5.75 Å². The van der Waals surface area contributed by atoms with Crippen molar-refractivity contribution in [1.82, 2.24) is 4.98 Å². The minimum Gasteiger partial charge on any atom is -0.480 e. The fourth-order valence-corrected chi connectivity index (χ4v) is 2.23. The van der Waals surface area contributed by atoms with Crippen LogP contribution in [0.1, 0.15) is 6.92 Å². The maximum atomic E-state index is 13.0. The number of hydrogen-bond acceptors (Lipinski definition) is 4. The van der Waals surface area contributed by atoms with E-state index in [1.807, 2.05) is 19.0 Å². The summed E-state index contributed by atoms with van der Waals surface area (Å²) in [6.07, 6.45) is 0.832. The first-order valence-corrected chi connectivity index (χ1v) is 7.72. The molecule has 0 aliphatic heterocycles. The molecule has 23 heavy (non-hydrogen) atoms. The van der Waals surface area contributed by atoms with Crippen molar-refractivity contribution in [3.63, 3.8) is 0 Å². The normalized spacial score (nSPS) is 11.7. The Labute approximate surface area is 142 Å². The minimum atomic E-state index is -0.745. The first-order chi connectivity index (χ1) is 10.9. The lowest BCUT2D eigenvalue weighted by atomic mass is 10.3. The molecule has 0 radical (unpaired) electrons. The monoisotopic (exact) mass is 381 g/mol. The van der Waals surface area contributed by atoms with Crippen LogP contribution in [0, 0.1) is 5.82 Å². The second kappa shape index (κ2) is 7.41. The molecule has 0 aliphatic rings. The molecule has 2 rings (SSSR count). The molecule has 0 saturated heterocycles. The Hall–Kier alpha value is -2.15. The lowest BCUT2D eigenvalue weighted by Gasteiger charge is -2.16. The van der Waals surface area contributed by atoms with Crippen LogP contribution in [0.15, 0.2) is 41.0 Å². The van der Waals surface area contributed by atoms with Crippen LogP contribution in [0.4, 0.5) is 15.9 Å². The summed E-state index contributed by atoms with van der Waals surface area (Å²) in [4.78, 5) is 18.2. The number of pyridine rings is 1. The zero-order valence-corrected chi connectivity index (χ0v) is 14.6. The fraction of sp³-hybridized carbons (Fsp3) is 0.250. The number of nitrogens with zero attached hydrogens (tertiary/aromatic N) is 2. The molecular weight excluding hydrogens is 365 g/mol. The summed E-state index contributed by atoms with van der Waals surface area (Å²) in [5.74, 6) is 0.492. The Bertz CT molecular complexity index is 692. The van der Waals surface area contributed by atoms with Gasteiger partial charge in [0.15, 0.2) is 6.10 Å². The number of anilines is 2. The molecule has 1 N–H and O–H groups in total. The van der Waals surface area contributed by atoms with Gasteiger partial charge in [0, 0.05) is 14.1 Å².